The molecule has 1 rings (SSSR count). The molecule has 0 saturated carbocycles. The van der Waals surface area contributed by atoms with Crippen molar-refractivity contribution in [2.24, 2.45) is 5.92 Å². The summed E-state index contributed by atoms with van der Waals surface area (Å²) in [6.07, 6.45) is 5.24. The van der Waals surface area contributed by atoms with Crippen molar-refractivity contribution < 1.29 is 19.1 Å². The monoisotopic (exact) mass is 224 g/mol. The van der Waals surface area contributed by atoms with Gasteiger partial charge < -0.3 is 9.47 Å². The topological polar surface area (TPSA) is 52.6 Å². The van der Waals surface area contributed by atoms with Crippen LogP contribution in [0.25, 0.3) is 0 Å². The lowest BCUT2D eigenvalue weighted by Crippen LogP contribution is -2.05. The van der Waals surface area contributed by atoms with E-state index < -0.39 is 11.9 Å². The third kappa shape index (κ3) is 4.77. The van der Waals surface area contributed by atoms with Gasteiger partial charge >= 0.3 is 11.9 Å². The van der Waals surface area contributed by atoms with Gasteiger partial charge in [0.2, 0.25) is 0 Å². The molecule has 0 amide bonds. The molecule has 0 aliphatic carbocycles. The lowest BCUT2D eigenvalue weighted by atomic mass is 10.0. The van der Waals surface area contributed by atoms with Crippen molar-refractivity contribution in [2.75, 3.05) is 6.61 Å². The van der Waals surface area contributed by atoms with E-state index >= 15 is 0 Å². The lowest BCUT2D eigenvalue weighted by molar-refractivity contribution is -0.137. The number of carbonyl (C=O) groups excluding carboxylic acids is 2. The molecular formula is C12H16O4. The molecule has 0 bridgehead atoms. The van der Waals surface area contributed by atoms with Gasteiger partial charge in [0.15, 0.2) is 0 Å². The number of esters is 2. The van der Waals surface area contributed by atoms with Gasteiger partial charge in [0.05, 0.1) is 6.26 Å². The molecule has 16 heavy (non-hydrogen) atoms. The van der Waals surface area contributed by atoms with Crippen LogP contribution in [-0.2, 0) is 19.1 Å². The first-order valence-corrected chi connectivity index (χ1v) is 5.31. The van der Waals surface area contributed by atoms with E-state index in [1.807, 2.05) is 0 Å². The highest BCUT2D eigenvalue weighted by Crippen LogP contribution is 2.13. The van der Waals surface area contributed by atoms with Gasteiger partial charge in [-0.1, -0.05) is 13.8 Å². The molecule has 0 aromatic heterocycles. The fourth-order valence-electron chi connectivity index (χ4n) is 1.17. The molecule has 1 aliphatic rings. The Hall–Kier alpha value is -1.58. The maximum atomic E-state index is 11.1. The molecule has 1 aliphatic heterocycles. The molecular weight excluding hydrogens is 208 g/mol. The first-order chi connectivity index (χ1) is 7.58. The largest absolute Gasteiger partial charge is 0.458 e. The summed E-state index contributed by atoms with van der Waals surface area (Å²) in [5, 5.41) is 0. The smallest absolute Gasteiger partial charge is 0.335 e. The average molecular weight is 224 g/mol. The maximum Gasteiger partial charge on any atom is 0.335 e. The Labute approximate surface area is 94.9 Å². The van der Waals surface area contributed by atoms with Crippen molar-refractivity contribution in [3.8, 4) is 0 Å². The molecule has 0 fully saturated rings. The second-order valence-corrected chi connectivity index (χ2v) is 4.09. The van der Waals surface area contributed by atoms with Crippen LogP contribution >= 0.6 is 0 Å². The molecule has 0 N–H and O–H groups in total. The molecule has 4 nitrogen and oxygen atoms in total. The van der Waals surface area contributed by atoms with E-state index in [1.54, 1.807) is 0 Å². The van der Waals surface area contributed by atoms with E-state index in [4.69, 9.17) is 9.47 Å². The zero-order valence-corrected chi connectivity index (χ0v) is 9.56. The molecule has 0 unspecified atom stereocenters. The maximum absolute atomic E-state index is 11.1. The van der Waals surface area contributed by atoms with Crippen LogP contribution in [0.2, 0.25) is 0 Å². The van der Waals surface area contributed by atoms with Crippen LogP contribution in [0.1, 0.15) is 26.7 Å². The Kier molecular flexibility index (Phi) is 4.76. The number of cyclic esters (lactones) is 2. The molecule has 1 heterocycles. The van der Waals surface area contributed by atoms with Gasteiger partial charge in [-0.15, -0.1) is 0 Å². The van der Waals surface area contributed by atoms with Gasteiger partial charge in [0, 0.05) is 17.7 Å². The van der Waals surface area contributed by atoms with Gasteiger partial charge in [-0.2, -0.15) is 0 Å². The van der Waals surface area contributed by atoms with Crippen LogP contribution in [0.3, 0.4) is 0 Å². The van der Waals surface area contributed by atoms with Crippen molar-refractivity contribution in [2.45, 2.75) is 26.7 Å². The highest BCUT2D eigenvalue weighted by molar-refractivity contribution is 5.92. The van der Waals surface area contributed by atoms with E-state index in [1.165, 1.54) is 6.26 Å². The van der Waals surface area contributed by atoms with Gasteiger partial charge in [0.1, 0.15) is 6.61 Å². The van der Waals surface area contributed by atoms with Crippen LogP contribution in [0.4, 0.5) is 0 Å². The predicted octanol–water partition coefficient (Wildman–Crippen LogP) is 1.96. The second-order valence-electron chi connectivity index (χ2n) is 4.09. The zero-order valence-electron chi connectivity index (χ0n) is 9.56. The standard InChI is InChI=1S/C12H16O4/c1-9(2)3-4-10-7-15-11(13)5-6-12(14)16-8-10/h5-7,9H,3-4,8H2,1-2H3/b6-5-,10-7-. The van der Waals surface area contributed by atoms with Gasteiger partial charge in [-0.05, 0) is 18.8 Å². The minimum atomic E-state index is -0.555. The quantitative estimate of drug-likeness (QED) is 0.688. The summed E-state index contributed by atoms with van der Waals surface area (Å²) in [5.74, 6) is -0.520. The van der Waals surface area contributed by atoms with Crippen LogP contribution in [0.5, 0.6) is 0 Å². The first-order valence-electron chi connectivity index (χ1n) is 5.31. The van der Waals surface area contributed by atoms with E-state index in [0.29, 0.717) is 5.92 Å². The zero-order chi connectivity index (χ0) is 12.0. The fourth-order valence-corrected chi connectivity index (χ4v) is 1.17. The number of hydrogen-bond donors (Lipinski definition) is 0. The Balaban J connectivity index is 2.59. The van der Waals surface area contributed by atoms with Crippen molar-refractivity contribution in [1.29, 1.82) is 0 Å². The predicted molar refractivity (Wildman–Crippen MR) is 58.3 cm³/mol. The summed E-state index contributed by atoms with van der Waals surface area (Å²) in [7, 11) is 0. The van der Waals surface area contributed by atoms with Gasteiger partial charge in [-0.3, -0.25) is 0 Å². The van der Waals surface area contributed by atoms with Gasteiger partial charge in [0.25, 0.3) is 0 Å². The van der Waals surface area contributed by atoms with Gasteiger partial charge in [-0.25, -0.2) is 9.59 Å². The van der Waals surface area contributed by atoms with Crippen molar-refractivity contribution in [1.82, 2.24) is 0 Å². The van der Waals surface area contributed by atoms with E-state index in [0.717, 1.165) is 30.6 Å². The molecule has 0 radical (unpaired) electrons. The van der Waals surface area contributed by atoms with Crippen LogP contribution in [0.15, 0.2) is 24.0 Å². The summed E-state index contributed by atoms with van der Waals surface area (Å²) >= 11 is 0. The molecule has 0 spiro atoms. The fraction of sp³-hybridized carbons (Fsp3) is 0.500. The third-order valence-corrected chi connectivity index (χ3v) is 2.14. The minimum absolute atomic E-state index is 0.184. The molecule has 0 aromatic carbocycles. The number of carbonyl (C=O) groups is 2. The Bertz CT molecular complexity index is 326. The summed E-state index contributed by atoms with van der Waals surface area (Å²) < 4.78 is 9.77. The SMILES string of the molecule is CC(C)CC/C1=C/OC(=O)/C=C\C(=O)OC1. The average Bonchev–Trinajstić information content (AvgIpc) is 2.30. The Morgan fingerprint density at radius 1 is 1.25 bits per heavy atom. The third-order valence-electron chi connectivity index (χ3n) is 2.14. The highest BCUT2D eigenvalue weighted by atomic mass is 16.5. The second kappa shape index (κ2) is 6.10. The van der Waals surface area contributed by atoms with Crippen molar-refractivity contribution >= 4 is 11.9 Å². The first kappa shape index (κ1) is 12.5. The van der Waals surface area contributed by atoms with Crippen molar-refractivity contribution in [3.05, 3.63) is 24.0 Å². The minimum Gasteiger partial charge on any atom is -0.458 e. The number of hydrogen-bond acceptors (Lipinski definition) is 4. The van der Waals surface area contributed by atoms with Crippen LogP contribution in [0, 0.1) is 5.92 Å². The van der Waals surface area contributed by atoms with Crippen LogP contribution in [-0.4, -0.2) is 18.5 Å². The lowest BCUT2D eigenvalue weighted by Gasteiger charge is -2.08. The summed E-state index contributed by atoms with van der Waals surface area (Å²) in [5.41, 5.74) is 0.819. The Morgan fingerprint density at radius 2 is 1.94 bits per heavy atom. The molecule has 0 saturated heterocycles. The van der Waals surface area contributed by atoms with E-state index in [9.17, 15) is 9.59 Å². The molecule has 0 atom stereocenters. The van der Waals surface area contributed by atoms with Crippen molar-refractivity contribution in [3.63, 3.8) is 0 Å². The normalized spacial score (nSPS) is 22.3. The molecule has 88 valence electrons. The number of ether oxygens (including phenoxy) is 2. The van der Waals surface area contributed by atoms with E-state index in [-0.39, 0.29) is 6.61 Å². The summed E-state index contributed by atoms with van der Waals surface area (Å²) in [6.45, 7) is 4.40. The highest BCUT2D eigenvalue weighted by Gasteiger charge is 2.08. The van der Waals surface area contributed by atoms with Crippen LogP contribution < -0.4 is 0 Å². The summed E-state index contributed by atoms with van der Waals surface area (Å²) in [6, 6.07) is 0. The number of rotatable bonds is 3. The Morgan fingerprint density at radius 3 is 2.62 bits per heavy atom. The molecule has 4 heteroatoms. The van der Waals surface area contributed by atoms with E-state index in [2.05, 4.69) is 13.8 Å². The molecule has 0 aromatic rings. The summed E-state index contributed by atoms with van der Waals surface area (Å²) in [4.78, 5) is 22.1.